The SMILES string of the molecule is CC(C)(C)c1ccc(N(c2ccc(-c3ccccc3)cc2)c2ccc(-c3ccc(-n4c5ccccc5c5c6ccccc6ccc54)cc3)cc2)cc1. The van der Waals surface area contributed by atoms with Crippen LogP contribution in [0.2, 0.25) is 0 Å². The summed E-state index contributed by atoms with van der Waals surface area (Å²) < 4.78 is 2.40. The van der Waals surface area contributed by atoms with Crippen molar-refractivity contribution < 1.29 is 0 Å². The largest absolute Gasteiger partial charge is 0.311 e. The van der Waals surface area contributed by atoms with E-state index in [4.69, 9.17) is 0 Å². The second kappa shape index (κ2) is 12.7. The van der Waals surface area contributed by atoms with Crippen molar-refractivity contribution in [2.24, 2.45) is 0 Å². The first kappa shape index (κ1) is 31.6. The van der Waals surface area contributed by atoms with Crippen LogP contribution >= 0.6 is 0 Å². The standard InChI is InChI=1S/C50H40N2/c1-50(2,3)40-24-32-43(33-25-40)51(41-26-17-36(18-27-41)35-11-5-4-6-12-35)42-28-19-37(20-29-42)38-21-30-44(31-22-38)52-47-16-10-9-15-46(47)49-45-14-8-7-13-39(45)23-34-48(49)52/h4-34H,1-3H3. The van der Waals surface area contributed by atoms with E-state index in [-0.39, 0.29) is 5.41 Å². The number of anilines is 3. The fourth-order valence-corrected chi connectivity index (χ4v) is 7.61. The summed E-state index contributed by atoms with van der Waals surface area (Å²) in [5, 5.41) is 5.14. The monoisotopic (exact) mass is 668 g/mol. The van der Waals surface area contributed by atoms with E-state index in [1.807, 2.05) is 0 Å². The van der Waals surface area contributed by atoms with Crippen molar-refractivity contribution in [2.45, 2.75) is 26.2 Å². The molecule has 0 N–H and O–H groups in total. The molecule has 0 atom stereocenters. The van der Waals surface area contributed by atoms with Gasteiger partial charge in [-0.15, -0.1) is 0 Å². The van der Waals surface area contributed by atoms with Gasteiger partial charge < -0.3 is 9.47 Å². The molecular formula is C50H40N2. The zero-order valence-corrected chi connectivity index (χ0v) is 29.8. The van der Waals surface area contributed by atoms with Crippen LogP contribution in [0.25, 0.3) is 60.5 Å². The minimum Gasteiger partial charge on any atom is -0.311 e. The van der Waals surface area contributed by atoms with E-state index in [1.54, 1.807) is 0 Å². The van der Waals surface area contributed by atoms with Gasteiger partial charge in [-0.25, -0.2) is 0 Å². The maximum Gasteiger partial charge on any atom is 0.0547 e. The zero-order valence-electron chi connectivity index (χ0n) is 29.8. The van der Waals surface area contributed by atoms with Crippen LogP contribution in [0.1, 0.15) is 26.3 Å². The van der Waals surface area contributed by atoms with Gasteiger partial charge in [-0.2, -0.15) is 0 Å². The van der Waals surface area contributed by atoms with Gasteiger partial charge in [0.25, 0.3) is 0 Å². The van der Waals surface area contributed by atoms with Crippen LogP contribution in [-0.2, 0) is 5.41 Å². The van der Waals surface area contributed by atoms with E-state index in [9.17, 15) is 0 Å². The Labute approximate surface area is 305 Å². The maximum absolute atomic E-state index is 2.40. The number of fused-ring (bicyclic) bond motifs is 5. The molecule has 9 rings (SSSR count). The Morgan fingerprint density at radius 3 is 1.46 bits per heavy atom. The first-order chi connectivity index (χ1) is 25.4. The molecule has 0 unspecified atom stereocenters. The molecule has 0 radical (unpaired) electrons. The van der Waals surface area contributed by atoms with Crippen molar-refractivity contribution in [3.63, 3.8) is 0 Å². The van der Waals surface area contributed by atoms with Crippen LogP contribution in [0.15, 0.2) is 188 Å². The number of rotatable bonds is 6. The van der Waals surface area contributed by atoms with Crippen LogP contribution in [-0.4, -0.2) is 4.57 Å². The summed E-state index contributed by atoms with van der Waals surface area (Å²) >= 11 is 0. The molecule has 0 saturated heterocycles. The Hall–Kier alpha value is -6.38. The van der Waals surface area contributed by atoms with Gasteiger partial charge >= 0.3 is 0 Å². The average Bonchev–Trinajstić information content (AvgIpc) is 3.54. The highest BCUT2D eigenvalue weighted by Crippen LogP contribution is 2.39. The van der Waals surface area contributed by atoms with Crippen molar-refractivity contribution in [1.82, 2.24) is 4.57 Å². The molecule has 8 aromatic carbocycles. The molecule has 250 valence electrons. The summed E-state index contributed by atoms with van der Waals surface area (Å²) in [6.07, 6.45) is 0. The van der Waals surface area contributed by atoms with Gasteiger partial charge in [0.05, 0.1) is 11.0 Å². The van der Waals surface area contributed by atoms with E-state index in [2.05, 4.69) is 218 Å². The van der Waals surface area contributed by atoms with Gasteiger partial charge in [0, 0.05) is 33.5 Å². The van der Waals surface area contributed by atoms with E-state index in [1.165, 1.54) is 60.4 Å². The molecule has 1 aromatic heterocycles. The molecule has 2 heteroatoms. The Morgan fingerprint density at radius 2 is 0.865 bits per heavy atom. The van der Waals surface area contributed by atoms with Gasteiger partial charge in [-0.1, -0.05) is 148 Å². The highest BCUT2D eigenvalue weighted by atomic mass is 15.1. The lowest BCUT2D eigenvalue weighted by molar-refractivity contribution is 0.590. The summed E-state index contributed by atoms with van der Waals surface area (Å²) in [6.45, 7) is 6.79. The van der Waals surface area contributed by atoms with Crippen LogP contribution in [0.3, 0.4) is 0 Å². The lowest BCUT2D eigenvalue weighted by Gasteiger charge is -2.27. The molecule has 0 aliphatic rings. The van der Waals surface area contributed by atoms with Crippen LogP contribution in [0.4, 0.5) is 17.1 Å². The third-order valence-corrected chi connectivity index (χ3v) is 10.4. The number of nitrogens with zero attached hydrogens (tertiary/aromatic N) is 2. The summed E-state index contributed by atoms with van der Waals surface area (Å²) in [7, 11) is 0. The molecule has 0 aliphatic heterocycles. The van der Waals surface area contributed by atoms with Gasteiger partial charge in [0.2, 0.25) is 0 Å². The van der Waals surface area contributed by atoms with Crippen LogP contribution in [0.5, 0.6) is 0 Å². The molecule has 0 aliphatic carbocycles. The lowest BCUT2D eigenvalue weighted by atomic mass is 9.87. The van der Waals surface area contributed by atoms with Crippen molar-refractivity contribution in [3.8, 4) is 27.9 Å². The third-order valence-electron chi connectivity index (χ3n) is 10.4. The van der Waals surface area contributed by atoms with Crippen molar-refractivity contribution in [1.29, 1.82) is 0 Å². The fourth-order valence-electron chi connectivity index (χ4n) is 7.61. The van der Waals surface area contributed by atoms with E-state index in [0.717, 1.165) is 22.7 Å². The molecule has 0 saturated carbocycles. The molecule has 1 heterocycles. The fraction of sp³-hybridized carbons (Fsp3) is 0.0800. The van der Waals surface area contributed by atoms with Crippen molar-refractivity contribution >= 4 is 49.6 Å². The van der Waals surface area contributed by atoms with E-state index in [0.29, 0.717) is 0 Å². The lowest BCUT2D eigenvalue weighted by Crippen LogP contribution is -2.13. The number of aromatic nitrogens is 1. The predicted octanol–water partition coefficient (Wildman–Crippen LogP) is 14.0. The quantitative estimate of drug-likeness (QED) is 0.171. The molecule has 2 nitrogen and oxygen atoms in total. The van der Waals surface area contributed by atoms with Crippen molar-refractivity contribution in [3.05, 3.63) is 194 Å². The smallest absolute Gasteiger partial charge is 0.0547 e. The molecular weight excluding hydrogens is 629 g/mol. The Kier molecular flexibility index (Phi) is 7.74. The predicted molar refractivity (Wildman–Crippen MR) is 223 cm³/mol. The average molecular weight is 669 g/mol. The topological polar surface area (TPSA) is 8.17 Å². The summed E-state index contributed by atoms with van der Waals surface area (Å²) in [5.74, 6) is 0. The Balaban J connectivity index is 1.07. The molecule has 0 spiro atoms. The molecule has 0 bridgehead atoms. The Morgan fingerprint density at radius 1 is 0.385 bits per heavy atom. The van der Waals surface area contributed by atoms with Crippen LogP contribution in [0, 0.1) is 0 Å². The normalized spacial score (nSPS) is 11.8. The van der Waals surface area contributed by atoms with Gasteiger partial charge in [-0.3, -0.25) is 0 Å². The number of hydrogen-bond acceptors (Lipinski definition) is 1. The summed E-state index contributed by atoms with van der Waals surface area (Å²) in [5.41, 5.74) is 13.2. The van der Waals surface area contributed by atoms with E-state index >= 15 is 0 Å². The number of benzene rings is 8. The Bertz CT molecular complexity index is 2660. The minimum absolute atomic E-state index is 0.0911. The third kappa shape index (κ3) is 5.63. The van der Waals surface area contributed by atoms with Gasteiger partial charge in [-0.05, 0) is 105 Å². The molecule has 0 fully saturated rings. The summed E-state index contributed by atoms with van der Waals surface area (Å²) in [6, 6.07) is 68.4. The van der Waals surface area contributed by atoms with Crippen LogP contribution < -0.4 is 4.90 Å². The van der Waals surface area contributed by atoms with E-state index < -0.39 is 0 Å². The number of para-hydroxylation sites is 1. The zero-order chi connectivity index (χ0) is 35.2. The number of hydrogen-bond donors (Lipinski definition) is 0. The molecule has 52 heavy (non-hydrogen) atoms. The molecule has 0 amide bonds. The highest BCUT2D eigenvalue weighted by molar-refractivity contribution is 6.21. The maximum atomic E-state index is 2.40. The van der Waals surface area contributed by atoms with Gasteiger partial charge in [0.15, 0.2) is 0 Å². The minimum atomic E-state index is 0.0911. The second-order valence-electron chi connectivity index (χ2n) is 14.7. The molecule has 9 aromatic rings. The van der Waals surface area contributed by atoms with Crippen molar-refractivity contribution in [2.75, 3.05) is 4.90 Å². The first-order valence-corrected chi connectivity index (χ1v) is 18.1. The first-order valence-electron chi connectivity index (χ1n) is 18.1. The second-order valence-corrected chi connectivity index (χ2v) is 14.7. The summed E-state index contributed by atoms with van der Waals surface area (Å²) in [4.78, 5) is 2.35. The van der Waals surface area contributed by atoms with Gasteiger partial charge in [0.1, 0.15) is 0 Å². The highest BCUT2D eigenvalue weighted by Gasteiger charge is 2.18.